The van der Waals surface area contributed by atoms with Gasteiger partial charge in [0.25, 0.3) is 0 Å². The van der Waals surface area contributed by atoms with Gasteiger partial charge in [0.15, 0.2) is 0 Å². The van der Waals surface area contributed by atoms with E-state index in [1.807, 2.05) is 6.08 Å². The van der Waals surface area contributed by atoms with E-state index in [2.05, 4.69) is 25.5 Å². The number of ether oxygens (including phenoxy) is 2. The van der Waals surface area contributed by atoms with Crippen molar-refractivity contribution in [2.75, 3.05) is 40.4 Å². The van der Waals surface area contributed by atoms with Crippen LogP contribution in [0.15, 0.2) is 41.8 Å². The van der Waals surface area contributed by atoms with E-state index in [-0.39, 0.29) is 12.1 Å². The molecule has 1 aliphatic rings. The van der Waals surface area contributed by atoms with Gasteiger partial charge in [0.05, 0.1) is 17.6 Å². The summed E-state index contributed by atoms with van der Waals surface area (Å²) in [6, 6.07) is 6.83. The van der Waals surface area contributed by atoms with E-state index in [1.54, 1.807) is 35.6 Å². The average Bonchev–Trinajstić information content (AvgIpc) is 2.84. The van der Waals surface area contributed by atoms with Crippen molar-refractivity contribution in [3.05, 3.63) is 36.9 Å². The molecule has 0 spiro atoms. The molecule has 0 N–H and O–H groups in total. The van der Waals surface area contributed by atoms with Crippen molar-refractivity contribution >= 4 is 10.0 Å². The van der Waals surface area contributed by atoms with Crippen molar-refractivity contribution in [1.29, 1.82) is 0 Å². The van der Waals surface area contributed by atoms with Gasteiger partial charge in [-0.15, -0.1) is 6.58 Å². The highest BCUT2D eigenvalue weighted by molar-refractivity contribution is 7.89. The first-order valence-electron chi connectivity index (χ1n) is 13.0. The van der Waals surface area contributed by atoms with Crippen LogP contribution in [0.1, 0.15) is 71.1 Å². The van der Waals surface area contributed by atoms with Crippen molar-refractivity contribution in [3.63, 3.8) is 0 Å². The number of benzene rings is 1. The molecule has 0 radical (unpaired) electrons. The van der Waals surface area contributed by atoms with E-state index in [0.717, 1.165) is 64.6 Å². The largest absolute Gasteiger partial charge is 0.494 e. The Morgan fingerprint density at radius 3 is 2.29 bits per heavy atom. The summed E-state index contributed by atoms with van der Waals surface area (Å²) in [6.07, 6.45) is 12.5. The maximum atomic E-state index is 13.1. The van der Waals surface area contributed by atoms with E-state index in [1.165, 1.54) is 19.3 Å². The highest BCUT2D eigenvalue weighted by atomic mass is 32.2. The SMILES string of the molecule is C=CCN(C)CCCCCCOC1CCC(N(C)S(=O)(=O)c2ccc(OCCCC)cc2)CC1. The van der Waals surface area contributed by atoms with Crippen LogP contribution in [0, 0.1) is 0 Å². The minimum Gasteiger partial charge on any atom is -0.494 e. The Hall–Kier alpha value is -1.41. The summed E-state index contributed by atoms with van der Waals surface area (Å²) in [4.78, 5) is 2.61. The molecule has 0 heterocycles. The summed E-state index contributed by atoms with van der Waals surface area (Å²) >= 11 is 0. The van der Waals surface area contributed by atoms with Gasteiger partial charge in [0.1, 0.15) is 5.75 Å². The lowest BCUT2D eigenvalue weighted by Gasteiger charge is -2.34. The second kappa shape index (κ2) is 15.6. The maximum absolute atomic E-state index is 13.1. The van der Waals surface area contributed by atoms with Crippen LogP contribution >= 0.6 is 0 Å². The number of unbranched alkanes of at least 4 members (excludes halogenated alkanes) is 4. The number of likely N-dealkylation sites (N-methyl/N-ethyl adjacent to an activating group) is 1. The van der Waals surface area contributed by atoms with Gasteiger partial charge >= 0.3 is 0 Å². The minimum absolute atomic E-state index is 0.0258. The second-order valence-corrected chi connectivity index (χ2v) is 11.5. The van der Waals surface area contributed by atoms with Gasteiger partial charge in [-0.2, -0.15) is 4.31 Å². The first-order chi connectivity index (χ1) is 16.4. The lowest BCUT2D eigenvalue weighted by Crippen LogP contribution is -2.40. The van der Waals surface area contributed by atoms with Crippen molar-refractivity contribution in [2.45, 2.75) is 88.2 Å². The monoisotopic (exact) mass is 494 g/mol. The molecule has 0 aliphatic heterocycles. The first-order valence-corrected chi connectivity index (χ1v) is 14.4. The second-order valence-electron chi connectivity index (χ2n) is 9.46. The van der Waals surface area contributed by atoms with Gasteiger partial charge in [-0.1, -0.05) is 32.3 Å². The number of nitrogens with zero attached hydrogens (tertiary/aromatic N) is 2. The van der Waals surface area contributed by atoms with Crippen LogP contribution in [0.25, 0.3) is 0 Å². The molecule has 0 bridgehead atoms. The van der Waals surface area contributed by atoms with Gasteiger partial charge in [0, 0.05) is 26.2 Å². The first kappa shape index (κ1) is 28.8. The van der Waals surface area contributed by atoms with Crippen molar-refractivity contribution in [1.82, 2.24) is 9.21 Å². The molecule has 0 aromatic heterocycles. The molecule has 6 nitrogen and oxygen atoms in total. The summed E-state index contributed by atoms with van der Waals surface area (Å²) in [5, 5.41) is 0. The maximum Gasteiger partial charge on any atom is 0.243 e. The normalized spacial score (nSPS) is 19.0. The Bertz CT molecular complexity index is 789. The number of rotatable bonds is 17. The van der Waals surface area contributed by atoms with Crippen LogP contribution in [0.2, 0.25) is 0 Å². The number of hydrogen-bond acceptors (Lipinski definition) is 5. The fourth-order valence-corrected chi connectivity index (χ4v) is 5.80. The smallest absolute Gasteiger partial charge is 0.243 e. The topological polar surface area (TPSA) is 59.1 Å². The standard InChI is InChI=1S/C27H46N2O4S/c1-5-7-22-32-26-16-18-27(19-17-26)34(30,31)29(4)24-12-14-25(15-13-24)33-23-11-9-8-10-21-28(3)20-6-2/h6,16-19,24-25H,2,5,7-15,20-23H2,1,3-4H3. The molecule has 2 rings (SSSR count). The molecule has 7 heteroatoms. The Balaban J connectivity index is 1.67. The fourth-order valence-electron chi connectivity index (χ4n) is 4.38. The zero-order chi connectivity index (χ0) is 24.8. The Morgan fingerprint density at radius 1 is 0.971 bits per heavy atom. The Labute approximate surface area is 208 Å². The molecule has 194 valence electrons. The van der Waals surface area contributed by atoms with Crippen molar-refractivity contribution in [3.8, 4) is 5.75 Å². The van der Waals surface area contributed by atoms with Gasteiger partial charge in [-0.05, 0) is 82.8 Å². The van der Waals surface area contributed by atoms with Crippen molar-refractivity contribution < 1.29 is 17.9 Å². The van der Waals surface area contributed by atoms with Crippen LogP contribution in [-0.4, -0.2) is 70.2 Å². The van der Waals surface area contributed by atoms with Crippen LogP contribution in [-0.2, 0) is 14.8 Å². The molecule has 0 unspecified atom stereocenters. The predicted molar refractivity (Wildman–Crippen MR) is 140 cm³/mol. The predicted octanol–water partition coefficient (Wildman–Crippen LogP) is 5.49. The summed E-state index contributed by atoms with van der Waals surface area (Å²) in [6.45, 7) is 9.41. The van der Waals surface area contributed by atoms with Crippen LogP contribution in [0.3, 0.4) is 0 Å². The lowest BCUT2D eigenvalue weighted by molar-refractivity contribution is 0.0156. The molecule has 1 aliphatic carbocycles. The summed E-state index contributed by atoms with van der Waals surface area (Å²) in [5.74, 6) is 0.716. The van der Waals surface area contributed by atoms with Crippen LogP contribution in [0.4, 0.5) is 0 Å². The highest BCUT2D eigenvalue weighted by Crippen LogP contribution is 2.29. The van der Waals surface area contributed by atoms with E-state index < -0.39 is 10.0 Å². The van der Waals surface area contributed by atoms with Gasteiger partial charge < -0.3 is 14.4 Å². The van der Waals surface area contributed by atoms with Crippen LogP contribution < -0.4 is 4.74 Å². The molecule has 0 saturated heterocycles. The molecule has 0 atom stereocenters. The fraction of sp³-hybridized carbons (Fsp3) is 0.704. The molecule has 1 aromatic carbocycles. The Kier molecular flexibility index (Phi) is 13.2. The number of sulfonamides is 1. The van der Waals surface area contributed by atoms with E-state index >= 15 is 0 Å². The molecular weight excluding hydrogens is 448 g/mol. The van der Waals surface area contributed by atoms with Gasteiger partial charge in [-0.25, -0.2) is 8.42 Å². The third kappa shape index (κ3) is 9.68. The van der Waals surface area contributed by atoms with E-state index in [9.17, 15) is 8.42 Å². The third-order valence-electron chi connectivity index (χ3n) is 6.65. The number of hydrogen-bond donors (Lipinski definition) is 0. The summed E-state index contributed by atoms with van der Waals surface area (Å²) < 4.78 is 39.5. The molecule has 1 aromatic rings. The summed E-state index contributed by atoms with van der Waals surface area (Å²) in [5.41, 5.74) is 0. The average molecular weight is 495 g/mol. The molecular formula is C27H46N2O4S. The summed E-state index contributed by atoms with van der Waals surface area (Å²) in [7, 11) is 0.327. The van der Waals surface area contributed by atoms with Gasteiger partial charge in [0.2, 0.25) is 10.0 Å². The quantitative estimate of drug-likeness (QED) is 0.212. The van der Waals surface area contributed by atoms with Crippen LogP contribution in [0.5, 0.6) is 5.75 Å². The molecule has 34 heavy (non-hydrogen) atoms. The van der Waals surface area contributed by atoms with E-state index in [0.29, 0.717) is 17.3 Å². The third-order valence-corrected chi connectivity index (χ3v) is 8.58. The van der Waals surface area contributed by atoms with Gasteiger partial charge in [-0.3, -0.25) is 0 Å². The Morgan fingerprint density at radius 2 is 1.65 bits per heavy atom. The zero-order valence-electron chi connectivity index (χ0n) is 21.6. The lowest BCUT2D eigenvalue weighted by atomic mass is 9.93. The minimum atomic E-state index is -3.51. The molecule has 1 saturated carbocycles. The molecule has 0 amide bonds. The zero-order valence-corrected chi connectivity index (χ0v) is 22.4. The molecule has 1 fully saturated rings. The van der Waals surface area contributed by atoms with E-state index in [4.69, 9.17) is 9.47 Å². The van der Waals surface area contributed by atoms with Crippen molar-refractivity contribution in [2.24, 2.45) is 0 Å². The highest BCUT2D eigenvalue weighted by Gasteiger charge is 2.31.